The Balaban J connectivity index is 1.64. The average molecular weight is 352 g/mol. The topological polar surface area (TPSA) is 61.0 Å². The summed E-state index contributed by atoms with van der Waals surface area (Å²) < 4.78 is 0. The van der Waals surface area contributed by atoms with Crippen molar-refractivity contribution in [1.82, 2.24) is 15.1 Å². The van der Waals surface area contributed by atoms with Gasteiger partial charge in [-0.15, -0.1) is 0 Å². The van der Waals surface area contributed by atoms with E-state index in [1.807, 2.05) is 6.20 Å². The number of aromatic amines is 1. The van der Waals surface area contributed by atoms with E-state index in [9.17, 15) is 4.79 Å². The SMILES string of the molecule is Cc1cc(C)c(C2CC(=O)Nc3[nH]ncc32)cc1CN1CCC(C)CC1. The Kier molecular flexibility index (Phi) is 4.57. The lowest BCUT2D eigenvalue weighted by Crippen LogP contribution is -2.32. The van der Waals surface area contributed by atoms with Gasteiger partial charge in [0.25, 0.3) is 0 Å². The van der Waals surface area contributed by atoms with Crippen molar-refractivity contribution in [1.29, 1.82) is 0 Å². The van der Waals surface area contributed by atoms with E-state index < -0.39 is 0 Å². The molecule has 2 aliphatic rings. The number of rotatable bonds is 3. The van der Waals surface area contributed by atoms with E-state index in [4.69, 9.17) is 0 Å². The highest BCUT2D eigenvalue weighted by molar-refractivity contribution is 5.94. The van der Waals surface area contributed by atoms with Crippen LogP contribution < -0.4 is 5.32 Å². The molecule has 0 saturated carbocycles. The molecule has 26 heavy (non-hydrogen) atoms. The second-order valence-corrected chi connectivity index (χ2v) is 8.10. The Morgan fingerprint density at radius 2 is 1.92 bits per heavy atom. The standard InChI is InChI=1S/C21H28N4O/c1-13-4-6-25(7-5-13)12-16-9-17(15(3)8-14(16)2)18-10-20(26)23-21-19(18)11-22-24-21/h8-9,11,13,18H,4-7,10,12H2,1-3H3,(H2,22,23,24,26). The number of nitrogens with one attached hydrogen (secondary N) is 2. The zero-order chi connectivity index (χ0) is 18.3. The first-order chi connectivity index (χ1) is 12.5. The van der Waals surface area contributed by atoms with Gasteiger partial charge in [-0.3, -0.25) is 14.8 Å². The van der Waals surface area contributed by atoms with Crippen molar-refractivity contribution in [3.63, 3.8) is 0 Å². The van der Waals surface area contributed by atoms with Crippen molar-refractivity contribution in [2.45, 2.75) is 52.5 Å². The van der Waals surface area contributed by atoms with E-state index in [-0.39, 0.29) is 11.8 Å². The van der Waals surface area contributed by atoms with Gasteiger partial charge in [-0.25, -0.2) is 0 Å². The monoisotopic (exact) mass is 352 g/mol. The number of hydrogen-bond acceptors (Lipinski definition) is 3. The zero-order valence-corrected chi connectivity index (χ0v) is 15.9. The van der Waals surface area contributed by atoms with Gasteiger partial charge in [-0.05, 0) is 68.0 Å². The third-order valence-electron chi connectivity index (χ3n) is 6.07. The van der Waals surface area contributed by atoms with E-state index in [1.54, 1.807) is 0 Å². The van der Waals surface area contributed by atoms with Crippen molar-refractivity contribution in [2.75, 3.05) is 18.4 Å². The Labute approximate surface area is 155 Å². The highest BCUT2D eigenvalue weighted by atomic mass is 16.1. The molecule has 5 nitrogen and oxygen atoms in total. The summed E-state index contributed by atoms with van der Waals surface area (Å²) in [6.07, 6.45) is 4.92. The van der Waals surface area contributed by atoms with Crippen LogP contribution in [0.2, 0.25) is 0 Å². The summed E-state index contributed by atoms with van der Waals surface area (Å²) in [5.41, 5.74) is 6.34. The third-order valence-corrected chi connectivity index (χ3v) is 6.07. The quantitative estimate of drug-likeness (QED) is 0.885. The number of likely N-dealkylation sites (tertiary alicyclic amines) is 1. The third kappa shape index (κ3) is 3.28. The first-order valence-electron chi connectivity index (χ1n) is 9.66. The Hall–Kier alpha value is -2.14. The number of piperidine rings is 1. The highest BCUT2D eigenvalue weighted by Gasteiger charge is 2.29. The lowest BCUT2D eigenvalue weighted by molar-refractivity contribution is -0.116. The normalized spacial score (nSPS) is 21.5. The van der Waals surface area contributed by atoms with E-state index in [0.29, 0.717) is 6.42 Å². The van der Waals surface area contributed by atoms with Crippen LogP contribution in [0.15, 0.2) is 18.3 Å². The first-order valence-corrected chi connectivity index (χ1v) is 9.66. The Morgan fingerprint density at radius 1 is 1.15 bits per heavy atom. The number of nitrogens with zero attached hydrogens (tertiary/aromatic N) is 2. The number of benzene rings is 1. The molecule has 0 bridgehead atoms. The number of fused-ring (bicyclic) bond motifs is 1. The van der Waals surface area contributed by atoms with Gasteiger partial charge in [-0.2, -0.15) is 5.10 Å². The molecule has 1 aromatic heterocycles. The molecule has 1 fully saturated rings. The minimum Gasteiger partial charge on any atom is -0.311 e. The van der Waals surface area contributed by atoms with E-state index >= 15 is 0 Å². The van der Waals surface area contributed by atoms with Crippen molar-refractivity contribution in [3.8, 4) is 0 Å². The van der Waals surface area contributed by atoms with Crippen LogP contribution in [0.3, 0.4) is 0 Å². The summed E-state index contributed by atoms with van der Waals surface area (Å²) in [6, 6.07) is 4.62. The molecular formula is C21H28N4O. The van der Waals surface area contributed by atoms with E-state index in [0.717, 1.165) is 23.8 Å². The molecule has 0 spiro atoms. The number of anilines is 1. The molecule has 0 aliphatic carbocycles. The van der Waals surface area contributed by atoms with E-state index in [1.165, 1.54) is 48.2 Å². The maximum atomic E-state index is 12.2. The second kappa shape index (κ2) is 6.88. The molecule has 1 amide bonds. The van der Waals surface area contributed by atoms with Gasteiger partial charge in [0, 0.05) is 24.4 Å². The van der Waals surface area contributed by atoms with Crippen LogP contribution >= 0.6 is 0 Å². The van der Waals surface area contributed by atoms with Gasteiger partial charge in [0.05, 0.1) is 6.20 Å². The molecular weight excluding hydrogens is 324 g/mol. The average Bonchev–Trinajstić information content (AvgIpc) is 3.07. The zero-order valence-electron chi connectivity index (χ0n) is 15.9. The van der Waals surface area contributed by atoms with Crippen LogP contribution in [0, 0.1) is 19.8 Å². The first kappa shape index (κ1) is 17.3. The van der Waals surface area contributed by atoms with Gasteiger partial charge < -0.3 is 5.32 Å². The van der Waals surface area contributed by atoms with Gasteiger partial charge in [0.2, 0.25) is 5.91 Å². The molecule has 2 aliphatic heterocycles. The van der Waals surface area contributed by atoms with Crippen molar-refractivity contribution in [3.05, 3.63) is 46.1 Å². The smallest absolute Gasteiger partial charge is 0.226 e. The van der Waals surface area contributed by atoms with Crippen LogP contribution in [0.4, 0.5) is 5.82 Å². The number of H-pyrrole nitrogens is 1. The maximum absolute atomic E-state index is 12.2. The predicted octanol–water partition coefficient (Wildman–Crippen LogP) is 3.73. The number of carbonyl (C=O) groups is 1. The lowest BCUT2D eigenvalue weighted by Gasteiger charge is -2.31. The van der Waals surface area contributed by atoms with Crippen molar-refractivity contribution in [2.24, 2.45) is 5.92 Å². The molecule has 5 heteroatoms. The molecule has 3 heterocycles. The minimum absolute atomic E-state index is 0.0540. The molecule has 1 atom stereocenters. The molecule has 0 radical (unpaired) electrons. The molecule has 138 valence electrons. The summed E-state index contributed by atoms with van der Waals surface area (Å²) in [5, 5.41) is 9.94. The Bertz CT molecular complexity index is 817. The fourth-order valence-electron chi connectivity index (χ4n) is 4.35. The number of carbonyl (C=O) groups excluding carboxylic acids is 1. The largest absolute Gasteiger partial charge is 0.311 e. The number of aryl methyl sites for hydroxylation is 2. The predicted molar refractivity (Wildman–Crippen MR) is 103 cm³/mol. The van der Waals surface area contributed by atoms with E-state index in [2.05, 4.69) is 53.3 Å². The van der Waals surface area contributed by atoms with Crippen molar-refractivity contribution < 1.29 is 4.79 Å². The minimum atomic E-state index is 0.0540. The molecule has 2 N–H and O–H groups in total. The lowest BCUT2D eigenvalue weighted by atomic mass is 9.83. The summed E-state index contributed by atoms with van der Waals surface area (Å²) >= 11 is 0. The summed E-state index contributed by atoms with van der Waals surface area (Å²) in [5.74, 6) is 1.73. The molecule has 4 rings (SSSR count). The summed E-state index contributed by atoms with van der Waals surface area (Å²) in [4.78, 5) is 14.7. The fraction of sp³-hybridized carbons (Fsp3) is 0.524. The van der Waals surface area contributed by atoms with Crippen LogP contribution in [-0.4, -0.2) is 34.1 Å². The van der Waals surface area contributed by atoms with Crippen LogP contribution in [0.1, 0.15) is 59.9 Å². The molecule has 1 unspecified atom stereocenters. The van der Waals surface area contributed by atoms with Gasteiger partial charge in [-0.1, -0.05) is 19.1 Å². The highest BCUT2D eigenvalue weighted by Crippen LogP contribution is 2.38. The number of hydrogen-bond donors (Lipinski definition) is 2. The van der Waals surface area contributed by atoms with Gasteiger partial charge >= 0.3 is 0 Å². The summed E-state index contributed by atoms with van der Waals surface area (Å²) in [6.45, 7) is 10.1. The second-order valence-electron chi connectivity index (χ2n) is 8.10. The Morgan fingerprint density at radius 3 is 2.69 bits per heavy atom. The fourth-order valence-corrected chi connectivity index (χ4v) is 4.35. The summed E-state index contributed by atoms with van der Waals surface area (Å²) in [7, 11) is 0. The van der Waals surface area contributed by atoms with Gasteiger partial charge in [0.15, 0.2) is 0 Å². The molecule has 1 aromatic carbocycles. The molecule has 2 aromatic rings. The van der Waals surface area contributed by atoms with Crippen LogP contribution in [-0.2, 0) is 11.3 Å². The number of aromatic nitrogens is 2. The number of amides is 1. The van der Waals surface area contributed by atoms with Gasteiger partial charge in [0.1, 0.15) is 5.82 Å². The maximum Gasteiger partial charge on any atom is 0.226 e. The van der Waals surface area contributed by atoms with Crippen molar-refractivity contribution >= 4 is 11.7 Å². The van der Waals surface area contributed by atoms with Crippen LogP contribution in [0.25, 0.3) is 0 Å². The van der Waals surface area contributed by atoms with Crippen LogP contribution in [0.5, 0.6) is 0 Å². The molecule has 1 saturated heterocycles.